The van der Waals surface area contributed by atoms with Gasteiger partial charge in [-0.15, -0.1) is 0 Å². The number of aryl methyl sites for hydroxylation is 3. The standard InChI is InChI=1S/C18H22N4O2/c1-4-16-20-18(24-21-16)13(3)19-17(23)9-10-22-12(2)11-14-7-5-6-8-15(14)22/h5-8,11,13H,4,9-10H2,1-3H3,(H,19,23). The molecular formula is C18H22N4O2. The van der Waals surface area contributed by atoms with Gasteiger partial charge in [-0.1, -0.05) is 30.3 Å². The van der Waals surface area contributed by atoms with E-state index in [-0.39, 0.29) is 11.9 Å². The van der Waals surface area contributed by atoms with E-state index in [1.165, 1.54) is 5.39 Å². The molecule has 3 rings (SSSR count). The van der Waals surface area contributed by atoms with E-state index in [1.54, 1.807) is 0 Å². The fourth-order valence-electron chi connectivity index (χ4n) is 2.82. The second-order valence-electron chi connectivity index (χ2n) is 5.94. The summed E-state index contributed by atoms with van der Waals surface area (Å²) in [5.74, 6) is 1.07. The second kappa shape index (κ2) is 6.86. The highest BCUT2D eigenvalue weighted by Crippen LogP contribution is 2.19. The molecule has 3 aromatic rings. The lowest BCUT2D eigenvalue weighted by molar-refractivity contribution is -0.122. The number of hydrogen-bond donors (Lipinski definition) is 1. The highest BCUT2D eigenvalue weighted by Gasteiger charge is 2.16. The Morgan fingerprint density at radius 1 is 1.38 bits per heavy atom. The Kier molecular flexibility index (Phi) is 4.64. The van der Waals surface area contributed by atoms with Gasteiger partial charge in [-0.3, -0.25) is 4.79 Å². The number of para-hydroxylation sites is 1. The molecule has 0 fully saturated rings. The van der Waals surface area contributed by atoms with Crippen molar-refractivity contribution in [2.75, 3.05) is 0 Å². The molecule has 126 valence electrons. The van der Waals surface area contributed by atoms with E-state index >= 15 is 0 Å². The molecule has 1 amide bonds. The minimum atomic E-state index is -0.284. The van der Waals surface area contributed by atoms with Crippen molar-refractivity contribution in [1.29, 1.82) is 0 Å². The van der Waals surface area contributed by atoms with E-state index in [0.717, 1.165) is 11.2 Å². The van der Waals surface area contributed by atoms with E-state index in [1.807, 2.05) is 26.0 Å². The summed E-state index contributed by atoms with van der Waals surface area (Å²) in [4.78, 5) is 16.5. The van der Waals surface area contributed by atoms with Crippen molar-refractivity contribution in [3.05, 3.63) is 47.7 Å². The van der Waals surface area contributed by atoms with Crippen LogP contribution in [-0.2, 0) is 17.8 Å². The zero-order valence-electron chi connectivity index (χ0n) is 14.2. The maximum atomic E-state index is 12.2. The molecule has 1 N–H and O–H groups in total. The van der Waals surface area contributed by atoms with Gasteiger partial charge in [0.1, 0.15) is 6.04 Å². The third-order valence-corrected chi connectivity index (χ3v) is 4.13. The first-order valence-corrected chi connectivity index (χ1v) is 8.25. The number of hydrogen-bond acceptors (Lipinski definition) is 4. The van der Waals surface area contributed by atoms with Crippen molar-refractivity contribution in [3.8, 4) is 0 Å². The van der Waals surface area contributed by atoms with Crippen molar-refractivity contribution in [2.24, 2.45) is 0 Å². The Balaban J connectivity index is 1.61. The van der Waals surface area contributed by atoms with Crippen molar-refractivity contribution < 1.29 is 9.32 Å². The van der Waals surface area contributed by atoms with Gasteiger partial charge in [0.15, 0.2) is 5.82 Å². The minimum Gasteiger partial charge on any atom is -0.345 e. The number of aromatic nitrogens is 3. The Labute approximate surface area is 140 Å². The molecular weight excluding hydrogens is 304 g/mol. The number of fused-ring (bicyclic) bond motifs is 1. The number of nitrogens with one attached hydrogen (secondary N) is 1. The zero-order valence-corrected chi connectivity index (χ0v) is 14.2. The molecule has 0 aliphatic carbocycles. The molecule has 0 radical (unpaired) electrons. The van der Waals surface area contributed by atoms with Crippen LogP contribution in [0.2, 0.25) is 0 Å². The molecule has 0 saturated heterocycles. The quantitative estimate of drug-likeness (QED) is 0.755. The number of rotatable bonds is 6. The zero-order chi connectivity index (χ0) is 17.1. The highest BCUT2D eigenvalue weighted by molar-refractivity contribution is 5.81. The summed E-state index contributed by atoms with van der Waals surface area (Å²) in [5, 5.41) is 7.96. The largest absolute Gasteiger partial charge is 0.345 e. The molecule has 1 aromatic carbocycles. The third kappa shape index (κ3) is 3.32. The molecule has 0 aliphatic heterocycles. The first kappa shape index (κ1) is 16.2. The summed E-state index contributed by atoms with van der Waals surface area (Å²) < 4.78 is 7.33. The lowest BCUT2D eigenvalue weighted by Gasteiger charge is -2.11. The molecule has 0 spiro atoms. The minimum absolute atomic E-state index is 0.0315. The topological polar surface area (TPSA) is 73.0 Å². The van der Waals surface area contributed by atoms with Gasteiger partial charge in [-0.25, -0.2) is 0 Å². The molecule has 0 bridgehead atoms. The lowest BCUT2D eigenvalue weighted by Crippen LogP contribution is -2.27. The summed E-state index contributed by atoms with van der Waals surface area (Å²) in [6.07, 6.45) is 1.11. The van der Waals surface area contributed by atoms with Gasteiger partial charge in [-0.05, 0) is 31.4 Å². The van der Waals surface area contributed by atoms with Crippen LogP contribution in [0.1, 0.15) is 43.7 Å². The van der Waals surface area contributed by atoms with Gasteiger partial charge in [-0.2, -0.15) is 4.98 Å². The summed E-state index contributed by atoms with van der Waals surface area (Å²) in [6, 6.07) is 10.1. The summed E-state index contributed by atoms with van der Waals surface area (Å²) in [6.45, 7) is 6.51. The van der Waals surface area contributed by atoms with Crippen LogP contribution in [-0.4, -0.2) is 20.6 Å². The molecule has 24 heavy (non-hydrogen) atoms. The molecule has 6 heteroatoms. The summed E-state index contributed by atoms with van der Waals surface area (Å²) in [5.41, 5.74) is 2.31. The molecule has 0 saturated carbocycles. The Morgan fingerprint density at radius 2 is 2.17 bits per heavy atom. The second-order valence-corrected chi connectivity index (χ2v) is 5.94. The number of carbonyl (C=O) groups excluding carboxylic acids is 1. The van der Waals surface area contributed by atoms with Gasteiger partial charge >= 0.3 is 0 Å². The van der Waals surface area contributed by atoms with Crippen molar-refractivity contribution in [2.45, 2.75) is 46.2 Å². The van der Waals surface area contributed by atoms with Gasteiger partial charge in [0.25, 0.3) is 0 Å². The highest BCUT2D eigenvalue weighted by atomic mass is 16.5. The molecule has 2 heterocycles. The van der Waals surface area contributed by atoms with Crippen LogP contribution in [0.3, 0.4) is 0 Å². The molecule has 1 atom stereocenters. The van der Waals surface area contributed by atoms with Crippen LogP contribution in [0.15, 0.2) is 34.9 Å². The van der Waals surface area contributed by atoms with Crippen molar-refractivity contribution in [1.82, 2.24) is 20.0 Å². The summed E-state index contributed by atoms with van der Waals surface area (Å²) in [7, 11) is 0. The average molecular weight is 326 g/mol. The predicted octanol–water partition coefficient (Wildman–Crippen LogP) is 3.16. The lowest BCUT2D eigenvalue weighted by atomic mass is 10.2. The number of benzene rings is 1. The molecule has 6 nitrogen and oxygen atoms in total. The maximum Gasteiger partial charge on any atom is 0.248 e. The Hall–Kier alpha value is -2.63. The third-order valence-electron chi connectivity index (χ3n) is 4.13. The average Bonchev–Trinajstić information content (AvgIpc) is 3.16. The Morgan fingerprint density at radius 3 is 2.92 bits per heavy atom. The predicted molar refractivity (Wildman–Crippen MR) is 91.5 cm³/mol. The van der Waals surface area contributed by atoms with Crippen LogP contribution in [0.25, 0.3) is 10.9 Å². The van der Waals surface area contributed by atoms with Crippen molar-refractivity contribution >= 4 is 16.8 Å². The SMILES string of the molecule is CCc1noc(C(C)NC(=O)CCn2c(C)cc3ccccc32)n1. The van der Waals surface area contributed by atoms with Gasteiger partial charge in [0.05, 0.1) is 0 Å². The van der Waals surface area contributed by atoms with E-state index in [9.17, 15) is 4.79 Å². The van der Waals surface area contributed by atoms with Crippen molar-refractivity contribution in [3.63, 3.8) is 0 Å². The summed E-state index contributed by atoms with van der Waals surface area (Å²) >= 11 is 0. The van der Waals surface area contributed by atoms with Crippen LogP contribution in [0.5, 0.6) is 0 Å². The molecule has 1 unspecified atom stereocenters. The fourth-order valence-corrected chi connectivity index (χ4v) is 2.82. The van der Waals surface area contributed by atoms with Crippen LogP contribution < -0.4 is 5.32 Å². The number of nitrogens with zero attached hydrogens (tertiary/aromatic N) is 3. The van der Waals surface area contributed by atoms with Gasteiger partial charge in [0.2, 0.25) is 11.8 Å². The Bertz CT molecular complexity index is 850. The maximum absolute atomic E-state index is 12.2. The van der Waals surface area contributed by atoms with E-state index in [0.29, 0.717) is 31.1 Å². The van der Waals surface area contributed by atoms with Gasteiger partial charge in [0, 0.05) is 30.6 Å². The van der Waals surface area contributed by atoms with Gasteiger partial charge < -0.3 is 14.4 Å². The first-order chi connectivity index (χ1) is 11.6. The van der Waals surface area contributed by atoms with Crippen LogP contribution in [0.4, 0.5) is 0 Å². The number of amides is 1. The van der Waals surface area contributed by atoms with Crippen LogP contribution in [0, 0.1) is 6.92 Å². The van der Waals surface area contributed by atoms with E-state index in [4.69, 9.17) is 4.52 Å². The molecule has 0 aliphatic rings. The van der Waals surface area contributed by atoms with E-state index < -0.39 is 0 Å². The monoisotopic (exact) mass is 326 g/mol. The van der Waals surface area contributed by atoms with Crippen LogP contribution >= 0.6 is 0 Å². The fraction of sp³-hybridized carbons (Fsp3) is 0.389. The number of carbonyl (C=O) groups is 1. The van der Waals surface area contributed by atoms with E-state index in [2.05, 4.69) is 45.1 Å². The first-order valence-electron chi connectivity index (χ1n) is 8.25. The molecule has 2 aromatic heterocycles. The smallest absolute Gasteiger partial charge is 0.248 e. The normalized spacial score (nSPS) is 12.5.